The molecule has 84 valence electrons. The number of nitrogens with one attached hydrogen (secondary N) is 2. The van der Waals surface area contributed by atoms with Crippen molar-refractivity contribution in [3.8, 4) is 0 Å². The second kappa shape index (κ2) is 5.13. The van der Waals surface area contributed by atoms with Crippen LogP contribution in [0.25, 0.3) is 0 Å². The van der Waals surface area contributed by atoms with Crippen LogP contribution in [0.2, 0.25) is 0 Å². The van der Waals surface area contributed by atoms with Gasteiger partial charge in [-0.2, -0.15) is 0 Å². The summed E-state index contributed by atoms with van der Waals surface area (Å²) in [5.74, 6) is 0.765. The monoisotopic (exact) mass is 198 g/mol. The summed E-state index contributed by atoms with van der Waals surface area (Å²) in [7, 11) is 0. The van der Waals surface area contributed by atoms with E-state index in [0.717, 1.165) is 12.5 Å². The smallest absolute Gasteiger partial charge is 0.00248 e. The van der Waals surface area contributed by atoms with E-state index < -0.39 is 0 Å². The Morgan fingerprint density at radius 3 is 2.43 bits per heavy atom. The molecule has 1 aliphatic heterocycles. The van der Waals surface area contributed by atoms with E-state index in [4.69, 9.17) is 0 Å². The fourth-order valence-electron chi connectivity index (χ4n) is 2.25. The van der Waals surface area contributed by atoms with Gasteiger partial charge in [-0.15, -0.1) is 0 Å². The highest BCUT2D eigenvalue weighted by molar-refractivity contribution is 4.90. The van der Waals surface area contributed by atoms with Crippen LogP contribution in [0, 0.1) is 11.3 Å². The van der Waals surface area contributed by atoms with Crippen molar-refractivity contribution in [3.63, 3.8) is 0 Å². The molecule has 0 radical (unpaired) electrons. The highest BCUT2D eigenvalue weighted by Crippen LogP contribution is 2.33. The van der Waals surface area contributed by atoms with Crippen LogP contribution < -0.4 is 10.6 Å². The Kier molecular flexibility index (Phi) is 4.39. The van der Waals surface area contributed by atoms with E-state index in [1.165, 1.54) is 25.9 Å². The van der Waals surface area contributed by atoms with Gasteiger partial charge in [-0.05, 0) is 30.7 Å². The van der Waals surface area contributed by atoms with Gasteiger partial charge in [0.2, 0.25) is 0 Å². The fourth-order valence-corrected chi connectivity index (χ4v) is 2.25. The second-order valence-electron chi connectivity index (χ2n) is 5.33. The largest absolute Gasteiger partial charge is 0.316 e. The summed E-state index contributed by atoms with van der Waals surface area (Å²) < 4.78 is 0. The molecular weight excluding hydrogens is 172 g/mol. The van der Waals surface area contributed by atoms with Gasteiger partial charge in [-0.1, -0.05) is 27.7 Å². The summed E-state index contributed by atoms with van der Waals surface area (Å²) in [6.07, 6.45) is 2.70. The molecule has 0 spiro atoms. The van der Waals surface area contributed by atoms with Gasteiger partial charge in [0.1, 0.15) is 0 Å². The van der Waals surface area contributed by atoms with Gasteiger partial charge in [-0.3, -0.25) is 0 Å². The van der Waals surface area contributed by atoms with Crippen LogP contribution in [-0.2, 0) is 0 Å². The van der Waals surface area contributed by atoms with E-state index in [2.05, 4.69) is 38.3 Å². The van der Waals surface area contributed by atoms with Gasteiger partial charge in [0.15, 0.2) is 0 Å². The maximum absolute atomic E-state index is 3.60. The van der Waals surface area contributed by atoms with Crippen LogP contribution in [0.4, 0.5) is 0 Å². The molecule has 0 bridgehead atoms. The third-order valence-electron chi connectivity index (χ3n) is 3.59. The molecule has 1 rings (SSSR count). The van der Waals surface area contributed by atoms with Gasteiger partial charge in [0.25, 0.3) is 0 Å². The molecule has 0 aromatic heterocycles. The third-order valence-corrected chi connectivity index (χ3v) is 3.59. The van der Waals surface area contributed by atoms with Crippen LogP contribution in [0.15, 0.2) is 0 Å². The lowest BCUT2D eigenvalue weighted by atomic mass is 9.71. The van der Waals surface area contributed by atoms with E-state index >= 15 is 0 Å². The van der Waals surface area contributed by atoms with Gasteiger partial charge < -0.3 is 10.6 Å². The molecule has 1 aliphatic rings. The van der Waals surface area contributed by atoms with E-state index in [0.29, 0.717) is 11.5 Å². The molecule has 0 aromatic rings. The summed E-state index contributed by atoms with van der Waals surface area (Å²) in [6, 6.07) is 0.604. The van der Waals surface area contributed by atoms with Crippen molar-refractivity contribution in [2.75, 3.05) is 19.6 Å². The predicted octanol–water partition coefficient (Wildman–Crippen LogP) is 2.01. The molecule has 1 atom stereocenters. The van der Waals surface area contributed by atoms with E-state index in [-0.39, 0.29) is 0 Å². The minimum absolute atomic E-state index is 0.489. The van der Waals surface area contributed by atoms with E-state index in [1.54, 1.807) is 0 Å². The molecule has 1 fully saturated rings. The van der Waals surface area contributed by atoms with Gasteiger partial charge in [0.05, 0.1) is 0 Å². The molecule has 1 unspecified atom stereocenters. The lowest BCUT2D eigenvalue weighted by molar-refractivity contribution is 0.129. The van der Waals surface area contributed by atoms with Crippen molar-refractivity contribution in [2.45, 2.75) is 46.6 Å². The van der Waals surface area contributed by atoms with Crippen molar-refractivity contribution in [1.82, 2.24) is 10.6 Å². The minimum atomic E-state index is 0.489. The fraction of sp³-hybridized carbons (Fsp3) is 1.00. The Balaban J connectivity index is 2.52. The second-order valence-corrected chi connectivity index (χ2v) is 5.33. The van der Waals surface area contributed by atoms with Crippen molar-refractivity contribution in [3.05, 3.63) is 0 Å². The van der Waals surface area contributed by atoms with E-state index in [1.807, 2.05) is 0 Å². The lowest BCUT2D eigenvalue weighted by Gasteiger charge is -2.42. The zero-order valence-corrected chi connectivity index (χ0v) is 10.2. The predicted molar refractivity (Wildman–Crippen MR) is 62.5 cm³/mol. The molecule has 2 N–H and O–H groups in total. The van der Waals surface area contributed by atoms with Gasteiger partial charge >= 0.3 is 0 Å². The van der Waals surface area contributed by atoms with Crippen LogP contribution in [0.1, 0.15) is 40.5 Å². The first-order chi connectivity index (χ1) is 6.57. The summed E-state index contributed by atoms with van der Waals surface area (Å²) in [5.41, 5.74) is 0.489. The molecule has 0 saturated carbocycles. The zero-order valence-electron chi connectivity index (χ0n) is 10.2. The van der Waals surface area contributed by atoms with Crippen molar-refractivity contribution in [2.24, 2.45) is 11.3 Å². The molecule has 1 saturated heterocycles. The Bertz CT molecular complexity index is 158. The first-order valence-corrected chi connectivity index (χ1v) is 6.01. The van der Waals surface area contributed by atoms with Crippen molar-refractivity contribution >= 4 is 0 Å². The van der Waals surface area contributed by atoms with E-state index in [9.17, 15) is 0 Å². The van der Waals surface area contributed by atoms with Crippen LogP contribution in [0.5, 0.6) is 0 Å². The van der Waals surface area contributed by atoms with Gasteiger partial charge in [0, 0.05) is 19.1 Å². The molecule has 2 nitrogen and oxygen atoms in total. The average Bonchev–Trinajstić information content (AvgIpc) is 2.16. The Morgan fingerprint density at radius 2 is 2.00 bits per heavy atom. The molecule has 0 aliphatic carbocycles. The summed E-state index contributed by atoms with van der Waals surface area (Å²) in [4.78, 5) is 0. The molecular formula is C12H26N2. The SMILES string of the molecule is CC(C)NCC1(C(C)C)CCCNC1. The third kappa shape index (κ3) is 2.96. The summed E-state index contributed by atoms with van der Waals surface area (Å²) in [6.45, 7) is 12.7. The standard InChI is InChI=1S/C12H26N2/c1-10(2)12(9-14-11(3)4)6-5-7-13-8-12/h10-11,13-14H,5-9H2,1-4H3. The number of hydrogen-bond acceptors (Lipinski definition) is 2. The average molecular weight is 198 g/mol. The summed E-state index contributed by atoms with van der Waals surface area (Å²) in [5, 5.41) is 7.14. The minimum Gasteiger partial charge on any atom is -0.316 e. The van der Waals surface area contributed by atoms with Gasteiger partial charge in [-0.25, -0.2) is 0 Å². The summed E-state index contributed by atoms with van der Waals surface area (Å²) >= 11 is 0. The Hall–Kier alpha value is -0.0800. The quantitative estimate of drug-likeness (QED) is 0.722. The highest BCUT2D eigenvalue weighted by Gasteiger charge is 2.34. The number of rotatable bonds is 4. The molecule has 1 heterocycles. The molecule has 0 amide bonds. The Labute approximate surface area is 88.8 Å². The maximum atomic E-state index is 3.60. The lowest BCUT2D eigenvalue weighted by Crippen LogP contribution is -2.50. The molecule has 2 heteroatoms. The molecule has 0 aromatic carbocycles. The van der Waals surface area contributed by atoms with Crippen LogP contribution in [0.3, 0.4) is 0 Å². The zero-order chi connectivity index (χ0) is 10.6. The van der Waals surface area contributed by atoms with Crippen LogP contribution >= 0.6 is 0 Å². The van der Waals surface area contributed by atoms with Crippen molar-refractivity contribution in [1.29, 1.82) is 0 Å². The first-order valence-electron chi connectivity index (χ1n) is 6.01. The molecule has 14 heavy (non-hydrogen) atoms. The highest BCUT2D eigenvalue weighted by atomic mass is 15.0. The van der Waals surface area contributed by atoms with Crippen molar-refractivity contribution < 1.29 is 0 Å². The number of hydrogen-bond donors (Lipinski definition) is 2. The Morgan fingerprint density at radius 1 is 1.29 bits per heavy atom. The number of piperidine rings is 1. The van der Waals surface area contributed by atoms with Crippen LogP contribution in [-0.4, -0.2) is 25.7 Å². The maximum Gasteiger partial charge on any atom is 0.00248 e. The first kappa shape index (κ1) is 12.0. The topological polar surface area (TPSA) is 24.1 Å². The normalized spacial score (nSPS) is 28.7.